The molecule has 1 aromatic rings. The molecule has 0 saturated carbocycles. The topological polar surface area (TPSA) is 34.9 Å². The Hall–Kier alpha value is -2.03. The van der Waals surface area contributed by atoms with Crippen LogP contribution >= 0.6 is 0 Å². The summed E-state index contributed by atoms with van der Waals surface area (Å²) in [7, 11) is 0. The molecule has 1 heterocycles. The lowest BCUT2D eigenvalue weighted by Crippen LogP contribution is -2.51. The quantitative estimate of drug-likeness (QED) is 0.691. The van der Waals surface area contributed by atoms with E-state index in [1.165, 1.54) is 0 Å². The van der Waals surface area contributed by atoms with Crippen LogP contribution in [0.5, 0.6) is 0 Å². The summed E-state index contributed by atoms with van der Waals surface area (Å²) >= 11 is 0. The molecular weight excluding hydrogens is 399 g/mol. The molecule has 0 bridgehead atoms. The summed E-state index contributed by atoms with van der Waals surface area (Å²) in [6, 6.07) is -1.21. The maximum atomic E-state index is 13.4. The Labute approximate surface area is 127 Å². The molecule has 0 amide bonds. The second-order valence-electron chi connectivity index (χ2n) is 4.27. The number of halogens is 13. The van der Waals surface area contributed by atoms with E-state index >= 15 is 0 Å². The van der Waals surface area contributed by atoms with Gasteiger partial charge in [0.15, 0.2) is 5.69 Å². The first-order valence-corrected chi connectivity index (χ1v) is 5.36. The number of nitrogens with zero attached hydrogens (tertiary/aromatic N) is 2. The van der Waals surface area contributed by atoms with E-state index in [1.54, 1.807) is 5.10 Å². The maximum Gasteiger partial charge on any atom is 0.473 e. The lowest BCUT2D eigenvalue weighted by Gasteiger charge is -2.28. The summed E-state index contributed by atoms with van der Waals surface area (Å²) < 4.78 is 160. The summed E-state index contributed by atoms with van der Waals surface area (Å²) in [6.45, 7) is 0. The van der Waals surface area contributed by atoms with Crippen molar-refractivity contribution >= 4 is 5.91 Å². The minimum absolute atomic E-state index is 1.21. The van der Waals surface area contributed by atoms with E-state index in [9.17, 15) is 61.9 Å². The first-order chi connectivity index (χ1) is 10.7. The summed E-state index contributed by atoms with van der Waals surface area (Å²) in [5, 5.41) is 1.75. The standard InChI is InChI=1S/C9HF13N2O/c10-5(11,8(18,19)9(20,21)22)3-1-2(6(12,13)14)23-24(3)4(25)7(15,16)17/h1H. The monoisotopic (exact) mass is 400 g/mol. The van der Waals surface area contributed by atoms with Gasteiger partial charge in [0, 0.05) is 0 Å². The molecule has 3 nitrogen and oxygen atoms in total. The molecule has 0 aliphatic carbocycles. The van der Waals surface area contributed by atoms with Crippen molar-refractivity contribution < 1.29 is 61.9 Å². The van der Waals surface area contributed by atoms with Crippen molar-refractivity contribution in [3.8, 4) is 0 Å². The zero-order valence-electron chi connectivity index (χ0n) is 10.8. The van der Waals surface area contributed by atoms with E-state index in [4.69, 9.17) is 0 Å². The van der Waals surface area contributed by atoms with Crippen LogP contribution < -0.4 is 0 Å². The SMILES string of the molecule is O=C(n1nc(C(F)(F)F)cc1C(F)(F)C(F)(F)C(F)(F)F)C(F)(F)F. The molecule has 0 N–H and O–H groups in total. The van der Waals surface area contributed by atoms with Crippen LogP contribution in [0.25, 0.3) is 0 Å². The summed E-state index contributed by atoms with van der Waals surface area (Å²) in [6.07, 6.45) is -19.1. The van der Waals surface area contributed by atoms with Crippen LogP contribution in [0.4, 0.5) is 57.1 Å². The van der Waals surface area contributed by atoms with Gasteiger partial charge < -0.3 is 0 Å². The van der Waals surface area contributed by atoms with Crippen LogP contribution in [0, 0.1) is 0 Å². The Kier molecular flexibility index (Phi) is 4.61. The highest BCUT2D eigenvalue weighted by Gasteiger charge is 2.75. The van der Waals surface area contributed by atoms with Crippen molar-refractivity contribution in [3.63, 3.8) is 0 Å². The zero-order valence-corrected chi connectivity index (χ0v) is 10.8. The Morgan fingerprint density at radius 1 is 0.840 bits per heavy atom. The molecule has 16 heteroatoms. The number of carbonyl (C=O) groups is 1. The average molecular weight is 400 g/mol. The third kappa shape index (κ3) is 3.51. The molecule has 25 heavy (non-hydrogen) atoms. The maximum absolute atomic E-state index is 13.4. The predicted molar refractivity (Wildman–Crippen MR) is 48.8 cm³/mol. The van der Waals surface area contributed by atoms with Gasteiger partial charge in [0.1, 0.15) is 5.69 Å². The Balaban J connectivity index is 3.74. The number of aromatic nitrogens is 2. The largest absolute Gasteiger partial charge is 0.473 e. The van der Waals surface area contributed by atoms with Crippen LogP contribution in [-0.2, 0) is 12.1 Å². The first kappa shape index (κ1) is 21.0. The lowest BCUT2D eigenvalue weighted by molar-refractivity contribution is -0.360. The molecule has 0 saturated heterocycles. The molecule has 0 unspecified atom stereocenters. The normalized spacial score (nSPS) is 14.8. The third-order valence-electron chi connectivity index (χ3n) is 2.51. The summed E-state index contributed by atoms with van der Waals surface area (Å²) in [5.74, 6) is -17.4. The molecule has 0 aliphatic heterocycles. The first-order valence-electron chi connectivity index (χ1n) is 5.36. The minimum atomic E-state index is -7.10. The third-order valence-corrected chi connectivity index (χ3v) is 2.51. The van der Waals surface area contributed by atoms with Crippen LogP contribution in [-0.4, -0.2) is 34.0 Å². The fourth-order valence-corrected chi connectivity index (χ4v) is 1.36. The number of rotatable bonds is 2. The van der Waals surface area contributed by atoms with Crippen LogP contribution in [0.2, 0.25) is 0 Å². The number of hydrogen-bond acceptors (Lipinski definition) is 2. The smallest absolute Gasteiger partial charge is 0.262 e. The highest BCUT2D eigenvalue weighted by molar-refractivity contribution is 5.84. The minimum Gasteiger partial charge on any atom is -0.262 e. The van der Waals surface area contributed by atoms with Crippen LogP contribution in [0.1, 0.15) is 16.2 Å². The van der Waals surface area contributed by atoms with Gasteiger partial charge in [-0.1, -0.05) is 0 Å². The second kappa shape index (κ2) is 5.48. The number of alkyl halides is 13. The van der Waals surface area contributed by atoms with Gasteiger partial charge in [-0.3, -0.25) is 4.79 Å². The number of hydrogen-bond donors (Lipinski definition) is 0. The summed E-state index contributed by atoms with van der Waals surface area (Å²) in [4.78, 5) is 10.8. The highest BCUT2D eigenvalue weighted by Crippen LogP contribution is 2.52. The van der Waals surface area contributed by atoms with Crippen molar-refractivity contribution in [3.05, 3.63) is 17.5 Å². The van der Waals surface area contributed by atoms with E-state index in [-0.39, 0.29) is 0 Å². The molecule has 1 rings (SSSR count). The van der Waals surface area contributed by atoms with Crippen molar-refractivity contribution in [2.75, 3.05) is 0 Å². The van der Waals surface area contributed by atoms with Gasteiger partial charge >= 0.3 is 36.3 Å². The van der Waals surface area contributed by atoms with Crippen molar-refractivity contribution in [2.45, 2.75) is 30.4 Å². The molecule has 1 aromatic heterocycles. The lowest BCUT2D eigenvalue weighted by atomic mass is 10.1. The van der Waals surface area contributed by atoms with E-state index in [0.29, 0.717) is 0 Å². The van der Waals surface area contributed by atoms with Crippen molar-refractivity contribution in [2.24, 2.45) is 0 Å². The highest BCUT2D eigenvalue weighted by atomic mass is 19.4. The zero-order chi connectivity index (χ0) is 20.2. The van der Waals surface area contributed by atoms with Gasteiger partial charge in [-0.05, 0) is 6.07 Å². The number of carbonyl (C=O) groups excluding carboxylic acids is 1. The van der Waals surface area contributed by atoms with E-state index in [2.05, 4.69) is 0 Å². The van der Waals surface area contributed by atoms with Crippen LogP contribution in [0.3, 0.4) is 0 Å². The van der Waals surface area contributed by atoms with Crippen LogP contribution in [0.15, 0.2) is 6.07 Å². The molecule has 0 atom stereocenters. The van der Waals surface area contributed by atoms with E-state index in [1.807, 2.05) is 0 Å². The van der Waals surface area contributed by atoms with Gasteiger partial charge in [-0.2, -0.15) is 66.9 Å². The van der Waals surface area contributed by atoms with Gasteiger partial charge in [0.2, 0.25) is 0 Å². The Morgan fingerprint density at radius 2 is 1.28 bits per heavy atom. The molecular formula is C9HF13N2O. The average Bonchev–Trinajstić information content (AvgIpc) is 2.80. The fraction of sp³-hybridized carbons (Fsp3) is 0.556. The van der Waals surface area contributed by atoms with E-state index < -0.39 is 58.4 Å². The molecule has 0 fully saturated rings. The van der Waals surface area contributed by atoms with Crippen molar-refractivity contribution in [1.29, 1.82) is 0 Å². The molecule has 0 radical (unpaired) electrons. The Bertz CT molecular complexity index is 663. The molecule has 0 aliphatic rings. The second-order valence-corrected chi connectivity index (χ2v) is 4.27. The summed E-state index contributed by atoms with van der Waals surface area (Å²) in [5.41, 5.74) is -5.94. The van der Waals surface area contributed by atoms with Crippen molar-refractivity contribution in [1.82, 2.24) is 9.78 Å². The molecule has 0 aromatic carbocycles. The molecule has 0 spiro atoms. The van der Waals surface area contributed by atoms with E-state index in [0.717, 1.165) is 0 Å². The van der Waals surface area contributed by atoms with Gasteiger partial charge in [-0.15, -0.1) is 0 Å². The fourth-order valence-electron chi connectivity index (χ4n) is 1.36. The van der Waals surface area contributed by atoms with Gasteiger partial charge in [0.25, 0.3) is 0 Å². The van der Waals surface area contributed by atoms with Gasteiger partial charge in [-0.25, -0.2) is 0 Å². The Morgan fingerprint density at radius 3 is 1.60 bits per heavy atom. The molecule has 144 valence electrons. The predicted octanol–water partition coefficient (Wildman–Crippen LogP) is 4.39. The van der Waals surface area contributed by atoms with Gasteiger partial charge in [0.05, 0.1) is 0 Å².